The number of nitrogens with one attached hydrogen (secondary N) is 1. The van der Waals surface area contributed by atoms with Crippen molar-refractivity contribution in [2.24, 2.45) is 0 Å². The maximum Gasteiger partial charge on any atom is 0.0107 e. The largest absolute Gasteiger partial charge is 0.319 e. The molecule has 0 bridgehead atoms. The minimum atomic E-state index is 0.724. The van der Waals surface area contributed by atoms with Crippen LogP contribution in [0, 0.1) is 0 Å². The van der Waals surface area contributed by atoms with Crippen LogP contribution in [0.15, 0.2) is 29.2 Å². The van der Waals surface area contributed by atoms with Gasteiger partial charge in [0.05, 0.1) is 0 Å². The molecular formula is C11H15NS. The molecule has 1 unspecified atom stereocenters. The molecule has 1 N–H and O–H groups in total. The van der Waals surface area contributed by atoms with Crippen LogP contribution in [-0.2, 0) is 0 Å². The second kappa shape index (κ2) is 4.16. The van der Waals surface area contributed by atoms with Crippen molar-refractivity contribution in [3.63, 3.8) is 0 Å². The van der Waals surface area contributed by atoms with E-state index in [9.17, 15) is 0 Å². The minimum absolute atomic E-state index is 0.724. The van der Waals surface area contributed by atoms with Gasteiger partial charge in [-0.3, -0.25) is 0 Å². The maximum atomic E-state index is 3.27. The van der Waals surface area contributed by atoms with Crippen LogP contribution in [0.25, 0.3) is 0 Å². The Morgan fingerprint density at radius 3 is 3.15 bits per heavy atom. The van der Waals surface area contributed by atoms with E-state index < -0.39 is 0 Å². The van der Waals surface area contributed by atoms with Crippen LogP contribution in [0.5, 0.6) is 0 Å². The molecule has 0 aliphatic carbocycles. The highest BCUT2D eigenvalue weighted by Crippen LogP contribution is 2.36. The summed E-state index contributed by atoms with van der Waals surface area (Å²) in [6.07, 6.45) is 1.31. The van der Waals surface area contributed by atoms with E-state index in [0.29, 0.717) is 0 Å². The van der Waals surface area contributed by atoms with E-state index in [1.807, 2.05) is 18.8 Å². The second-order valence-corrected chi connectivity index (χ2v) is 4.57. The molecule has 1 aromatic carbocycles. The molecule has 0 amide bonds. The molecule has 1 nitrogen and oxygen atoms in total. The van der Waals surface area contributed by atoms with Gasteiger partial charge in [0.25, 0.3) is 0 Å². The second-order valence-electron chi connectivity index (χ2n) is 3.43. The molecule has 1 aliphatic heterocycles. The summed E-state index contributed by atoms with van der Waals surface area (Å²) in [6.45, 7) is 1.11. The summed E-state index contributed by atoms with van der Waals surface area (Å²) >= 11 is 1.99. The van der Waals surface area contributed by atoms with Crippen molar-refractivity contribution in [1.82, 2.24) is 5.32 Å². The first-order valence-electron chi connectivity index (χ1n) is 4.78. The van der Waals surface area contributed by atoms with Gasteiger partial charge >= 0.3 is 0 Å². The topological polar surface area (TPSA) is 12.0 Å². The van der Waals surface area contributed by atoms with Gasteiger partial charge in [-0.15, -0.1) is 11.8 Å². The van der Waals surface area contributed by atoms with Gasteiger partial charge in [-0.05, 0) is 36.8 Å². The zero-order valence-electron chi connectivity index (χ0n) is 7.92. The quantitative estimate of drug-likeness (QED) is 0.774. The molecule has 0 spiro atoms. The van der Waals surface area contributed by atoms with Gasteiger partial charge in [0.1, 0.15) is 0 Å². The van der Waals surface area contributed by atoms with Crippen LogP contribution in [-0.4, -0.2) is 19.3 Å². The van der Waals surface area contributed by atoms with E-state index in [1.54, 1.807) is 0 Å². The van der Waals surface area contributed by atoms with Gasteiger partial charge in [0.2, 0.25) is 0 Å². The molecule has 1 aromatic rings. The van der Waals surface area contributed by atoms with Gasteiger partial charge in [0, 0.05) is 11.4 Å². The van der Waals surface area contributed by atoms with Crippen molar-refractivity contribution < 1.29 is 0 Å². The van der Waals surface area contributed by atoms with Crippen molar-refractivity contribution in [3.05, 3.63) is 29.8 Å². The predicted octanol–water partition coefficient (Wildman–Crippen LogP) is 2.49. The van der Waals surface area contributed by atoms with Crippen LogP contribution in [0.2, 0.25) is 0 Å². The molecule has 1 atom stereocenters. The fourth-order valence-corrected chi connectivity index (χ4v) is 3.07. The molecule has 1 heterocycles. The first-order chi connectivity index (χ1) is 6.42. The number of likely N-dealkylation sites (N-methyl/N-ethyl adjacent to an activating group) is 1. The molecule has 13 heavy (non-hydrogen) atoms. The zero-order chi connectivity index (χ0) is 9.10. The number of thioether (sulfide) groups is 1. The Hall–Kier alpha value is -0.470. The lowest BCUT2D eigenvalue weighted by Crippen LogP contribution is -2.20. The Balaban J connectivity index is 2.26. The Bertz CT molecular complexity index is 285. The molecule has 2 heteroatoms. The molecular weight excluding hydrogens is 178 g/mol. The molecule has 2 rings (SSSR count). The van der Waals surface area contributed by atoms with Crippen LogP contribution in [0.1, 0.15) is 17.9 Å². The standard InChI is InChI=1S/C11H15NS/c1-12-8-9-6-7-13-11-5-3-2-4-10(9)11/h2-5,9,12H,6-8H2,1H3. The molecule has 0 saturated carbocycles. The van der Waals surface area contributed by atoms with Crippen LogP contribution < -0.4 is 5.32 Å². The summed E-state index contributed by atoms with van der Waals surface area (Å²) in [5.41, 5.74) is 1.54. The number of hydrogen-bond donors (Lipinski definition) is 1. The highest BCUT2D eigenvalue weighted by Gasteiger charge is 2.18. The fraction of sp³-hybridized carbons (Fsp3) is 0.455. The lowest BCUT2D eigenvalue weighted by atomic mass is 9.96. The van der Waals surface area contributed by atoms with E-state index in [4.69, 9.17) is 0 Å². The normalized spacial score (nSPS) is 21.2. The van der Waals surface area contributed by atoms with Gasteiger partial charge < -0.3 is 5.32 Å². The summed E-state index contributed by atoms with van der Waals surface area (Å²) in [6, 6.07) is 8.78. The van der Waals surface area contributed by atoms with Crippen molar-refractivity contribution in [2.75, 3.05) is 19.3 Å². The maximum absolute atomic E-state index is 3.27. The monoisotopic (exact) mass is 193 g/mol. The Labute approximate surface area is 83.9 Å². The SMILES string of the molecule is CNCC1CCSc2ccccc21. The number of fused-ring (bicyclic) bond motifs is 1. The van der Waals surface area contributed by atoms with Crippen LogP contribution in [0.3, 0.4) is 0 Å². The third-order valence-electron chi connectivity index (χ3n) is 2.53. The Morgan fingerprint density at radius 1 is 1.46 bits per heavy atom. The summed E-state index contributed by atoms with van der Waals surface area (Å²) in [5, 5.41) is 3.27. The predicted molar refractivity (Wildman–Crippen MR) is 58.5 cm³/mol. The number of hydrogen-bond acceptors (Lipinski definition) is 2. The van der Waals surface area contributed by atoms with Gasteiger partial charge in [-0.2, -0.15) is 0 Å². The van der Waals surface area contributed by atoms with E-state index in [-0.39, 0.29) is 0 Å². The van der Waals surface area contributed by atoms with Gasteiger partial charge in [-0.1, -0.05) is 18.2 Å². The molecule has 1 aliphatic rings. The molecule has 0 fully saturated rings. The lowest BCUT2D eigenvalue weighted by Gasteiger charge is -2.24. The average molecular weight is 193 g/mol. The van der Waals surface area contributed by atoms with Crippen LogP contribution in [0.4, 0.5) is 0 Å². The van der Waals surface area contributed by atoms with Crippen molar-refractivity contribution in [1.29, 1.82) is 0 Å². The van der Waals surface area contributed by atoms with E-state index in [2.05, 4.69) is 29.6 Å². The molecule has 0 aromatic heterocycles. The van der Waals surface area contributed by atoms with Crippen molar-refractivity contribution in [3.8, 4) is 0 Å². The first kappa shape index (κ1) is 9.10. The van der Waals surface area contributed by atoms with Crippen molar-refractivity contribution >= 4 is 11.8 Å². The zero-order valence-corrected chi connectivity index (χ0v) is 8.73. The summed E-state index contributed by atoms with van der Waals surface area (Å²) < 4.78 is 0. The smallest absolute Gasteiger partial charge is 0.0107 e. The minimum Gasteiger partial charge on any atom is -0.319 e. The molecule has 0 radical (unpaired) electrons. The Kier molecular flexibility index (Phi) is 2.91. The first-order valence-corrected chi connectivity index (χ1v) is 5.76. The van der Waals surface area contributed by atoms with E-state index in [1.165, 1.54) is 22.6 Å². The Morgan fingerprint density at radius 2 is 2.31 bits per heavy atom. The highest BCUT2D eigenvalue weighted by molar-refractivity contribution is 7.99. The summed E-state index contributed by atoms with van der Waals surface area (Å²) in [4.78, 5) is 1.48. The molecule has 0 saturated heterocycles. The third kappa shape index (κ3) is 1.89. The average Bonchev–Trinajstić information content (AvgIpc) is 2.19. The number of rotatable bonds is 2. The molecule has 70 valence electrons. The number of benzene rings is 1. The van der Waals surface area contributed by atoms with Gasteiger partial charge in [0.15, 0.2) is 0 Å². The third-order valence-corrected chi connectivity index (χ3v) is 3.66. The fourth-order valence-electron chi connectivity index (χ4n) is 1.87. The summed E-state index contributed by atoms with van der Waals surface area (Å²) in [7, 11) is 2.03. The van der Waals surface area contributed by atoms with Crippen molar-refractivity contribution in [2.45, 2.75) is 17.2 Å². The van der Waals surface area contributed by atoms with Crippen LogP contribution >= 0.6 is 11.8 Å². The lowest BCUT2D eigenvalue weighted by molar-refractivity contribution is 0.600. The van der Waals surface area contributed by atoms with E-state index >= 15 is 0 Å². The highest BCUT2D eigenvalue weighted by atomic mass is 32.2. The van der Waals surface area contributed by atoms with E-state index in [0.717, 1.165) is 12.5 Å². The van der Waals surface area contributed by atoms with Gasteiger partial charge in [-0.25, -0.2) is 0 Å². The summed E-state index contributed by atoms with van der Waals surface area (Å²) in [5.74, 6) is 1.99.